The van der Waals surface area contributed by atoms with E-state index in [-0.39, 0.29) is 10.7 Å². The quantitative estimate of drug-likeness (QED) is 0.886. The van der Waals surface area contributed by atoms with E-state index >= 15 is 0 Å². The van der Waals surface area contributed by atoms with Gasteiger partial charge in [0.05, 0.1) is 11.9 Å². The van der Waals surface area contributed by atoms with Crippen molar-refractivity contribution < 1.29 is 12.9 Å². The van der Waals surface area contributed by atoms with Gasteiger partial charge >= 0.3 is 0 Å². The van der Waals surface area contributed by atoms with E-state index < -0.39 is 10.0 Å². The fourth-order valence-electron chi connectivity index (χ4n) is 2.73. The van der Waals surface area contributed by atoms with Crippen LogP contribution in [0.4, 0.5) is 11.5 Å². The van der Waals surface area contributed by atoms with Crippen molar-refractivity contribution in [3.05, 3.63) is 29.8 Å². The Kier molecular flexibility index (Phi) is 4.46. The molecule has 0 atom stereocenters. The van der Waals surface area contributed by atoms with Gasteiger partial charge in [0.15, 0.2) is 10.7 Å². The molecule has 0 radical (unpaired) electrons. The van der Waals surface area contributed by atoms with Crippen LogP contribution in [0.3, 0.4) is 0 Å². The van der Waals surface area contributed by atoms with Crippen molar-refractivity contribution in [1.82, 2.24) is 15.0 Å². The van der Waals surface area contributed by atoms with Crippen molar-refractivity contribution in [2.45, 2.75) is 18.7 Å². The van der Waals surface area contributed by atoms with Gasteiger partial charge in [-0.1, -0.05) is 5.16 Å². The monoisotopic (exact) mass is 351 g/mol. The van der Waals surface area contributed by atoms with Crippen LogP contribution in [-0.4, -0.2) is 56.7 Å². The molecule has 0 bridgehead atoms. The number of rotatable bonds is 4. The fourth-order valence-corrected chi connectivity index (χ4v) is 4.11. The Bertz CT molecular complexity index is 789. The van der Waals surface area contributed by atoms with E-state index in [1.807, 2.05) is 6.07 Å². The SMILES string of the molecule is Cc1noc(C)c1S(=O)(=O)Nc1ccc(N2CCN(C)CC2)nc1. The minimum Gasteiger partial charge on any atom is -0.360 e. The van der Waals surface area contributed by atoms with Gasteiger partial charge in [-0.25, -0.2) is 13.4 Å². The van der Waals surface area contributed by atoms with Crippen LogP contribution in [-0.2, 0) is 10.0 Å². The highest BCUT2D eigenvalue weighted by molar-refractivity contribution is 7.92. The van der Waals surface area contributed by atoms with Crippen molar-refractivity contribution in [2.75, 3.05) is 42.8 Å². The first-order valence-electron chi connectivity index (χ1n) is 7.72. The van der Waals surface area contributed by atoms with Crippen LogP contribution in [0.1, 0.15) is 11.5 Å². The number of aryl methyl sites for hydroxylation is 2. The van der Waals surface area contributed by atoms with Gasteiger partial charge < -0.3 is 14.3 Å². The number of aromatic nitrogens is 2. The molecule has 1 fully saturated rings. The van der Waals surface area contributed by atoms with E-state index in [4.69, 9.17) is 4.52 Å². The van der Waals surface area contributed by atoms with Crippen molar-refractivity contribution in [1.29, 1.82) is 0 Å². The molecule has 0 aromatic carbocycles. The number of nitrogens with zero attached hydrogens (tertiary/aromatic N) is 4. The van der Waals surface area contributed by atoms with Crippen LogP contribution in [0.5, 0.6) is 0 Å². The Labute approximate surface area is 141 Å². The average Bonchev–Trinajstić information content (AvgIpc) is 2.88. The standard InChI is InChI=1S/C15H21N5O3S/c1-11-15(12(2)23-17-11)24(21,22)18-13-4-5-14(16-10-13)20-8-6-19(3)7-9-20/h4-5,10,18H,6-9H2,1-3H3. The number of hydrogen-bond donors (Lipinski definition) is 1. The third kappa shape index (κ3) is 3.36. The van der Waals surface area contributed by atoms with E-state index in [2.05, 4.69) is 31.7 Å². The normalized spacial score (nSPS) is 16.4. The third-order valence-corrected chi connectivity index (χ3v) is 5.69. The van der Waals surface area contributed by atoms with Crippen molar-refractivity contribution >= 4 is 21.5 Å². The van der Waals surface area contributed by atoms with Crippen LogP contribution in [0.25, 0.3) is 0 Å². The Morgan fingerprint density at radius 3 is 2.42 bits per heavy atom. The minimum absolute atomic E-state index is 0.0747. The van der Waals surface area contributed by atoms with Crippen LogP contribution in [0, 0.1) is 13.8 Å². The zero-order valence-electron chi connectivity index (χ0n) is 14.0. The number of anilines is 2. The average molecular weight is 351 g/mol. The van der Waals surface area contributed by atoms with Gasteiger partial charge in [0.25, 0.3) is 10.0 Å². The molecular formula is C15H21N5O3S. The molecule has 8 nitrogen and oxygen atoms in total. The molecule has 1 aliphatic heterocycles. The highest BCUT2D eigenvalue weighted by Gasteiger charge is 2.24. The Morgan fingerprint density at radius 2 is 1.88 bits per heavy atom. The first-order chi connectivity index (χ1) is 11.4. The van der Waals surface area contributed by atoms with Gasteiger partial charge in [0, 0.05) is 26.2 Å². The molecule has 3 heterocycles. The molecule has 2 aromatic heterocycles. The molecule has 0 saturated carbocycles. The lowest BCUT2D eigenvalue weighted by atomic mass is 10.3. The zero-order chi connectivity index (χ0) is 17.3. The maximum absolute atomic E-state index is 12.5. The number of likely N-dealkylation sites (N-methyl/N-ethyl adjacent to an activating group) is 1. The highest BCUT2D eigenvalue weighted by atomic mass is 32.2. The van der Waals surface area contributed by atoms with Crippen molar-refractivity contribution in [2.24, 2.45) is 0 Å². The number of sulfonamides is 1. The molecule has 130 valence electrons. The lowest BCUT2D eigenvalue weighted by molar-refractivity contribution is 0.312. The lowest BCUT2D eigenvalue weighted by Crippen LogP contribution is -2.44. The summed E-state index contributed by atoms with van der Waals surface area (Å²) >= 11 is 0. The van der Waals surface area contributed by atoms with Gasteiger partial charge in [-0.3, -0.25) is 4.72 Å². The van der Waals surface area contributed by atoms with Gasteiger partial charge in [0.2, 0.25) is 0 Å². The second-order valence-electron chi connectivity index (χ2n) is 5.95. The molecule has 0 amide bonds. The summed E-state index contributed by atoms with van der Waals surface area (Å²) in [6.07, 6.45) is 1.53. The summed E-state index contributed by atoms with van der Waals surface area (Å²) in [4.78, 5) is 8.91. The third-order valence-electron chi connectivity index (χ3n) is 4.06. The Balaban J connectivity index is 1.75. The van der Waals surface area contributed by atoms with Gasteiger partial charge in [-0.15, -0.1) is 0 Å². The summed E-state index contributed by atoms with van der Waals surface area (Å²) < 4.78 is 32.4. The topological polar surface area (TPSA) is 91.6 Å². The van der Waals surface area contributed by atoms with E-state index in [0.717, 1.165) is 32.0 Å². The van der Waals surface area contributed by atoms with Crippen LogP contribution >= 0.6 is 0 Å². The first kappa shape index (κ1) is 16.7. The van der Waals surface area contributed by atoms with Gasteiger partial charge in [-0.05, 0) is 33.0 Å². The summed E-state index contributed by atoms with van der Waals surface area (Å²) in [5, 5.41) is 3.69. The second-order valence-corrected chi connectivity index (χ2v) is 7.57. The second kappa shape index (κ2) is 6.40. The number of piperazine rings is 1. The van der Waals surface area contributed by atoms with E-state index in [1.54, 1.807) is 19.9 Å². The molecule has 24 heavy (non-hydrogen) atoms. The van der Waals surface area contributed by atoms with Crippen molar-refractivity contribution in [3.63, 3.8) is 0 Å². The summed E-state index contributed by atoms with van der Waals surface area (Å²) in [6, 6.07) is 3.55. The zero-order valence-corrected chi connectivity index (χ0v) is 14.8. The summed E-state index contributed by atoms with van der Waals surface area (Å²) in [5.41, 5.74) is 0.745. The molecule has 0 unspecified atom stereocenters. The first-order valence-corrected chi connectivity index (χ1v) is 9.20. The maximum atomic E-state index is 12.5. The van der Waals surface area contributed by atoms with Gasteiger partial charge in [0.1, 0.15) is 11.5 Å². The molecule has 2 aromatic rings. The molecule has 0 spiro atoms. The fraction of sp³-hybridized carbons (Fsp3) is 0.467. The predicted octanol–water partition coefficient (Wildman–Crippen LogP) is 1.24. The molecule has 0 aliphatic carbocycles. The predicted molar refractivity (Wildman–Crippen MR) is 90.7 cm³/mol. The summed E-state index contributed by atoms with van der Waals surface area (Å²) in [5.74, 6) is 1.12. The largest absolute Gasteiger partial charge is 0.360 e. The van der Waals surface area contributed by atoms with Crippen LogP contribution < -0.4 is 9.62 Å². The van der Waals surface area contributed by atoms with E-state index in [9.17, 15) is 8.42 Å². The van der Waals surface area contributed by atoms with Crippen LogP contribution in [0.15, 0.2) is 27.7 Å². The Morgan fingerprint density at radius 1 is 1.17 bits per heavy atom. The number of pyridine rings is 1. The maximum Gasteiger partial charge on any atom is 0.267 e. The number of hydrogen-bond acceptors (Lipinski definition) is 7. The van der Waals surface area contributed by atoms with Gasteiger partial charge in [-0.2, -0.15) is 0 Å². The minimum atomic E-state index is -3.74. The number of nitrogens with one attached hydrogen (secondary N) is 1. The molecule has 3 rings (SSSR count). The smallest absolute Gasteiger partial charge is 0.267 e. The molecule has 1 saturated heterocycles. The van der Waals surface area contributed by atoms with Crippen LogP contribution in [0.2, 0.25) is 0 Å². The molecule has 9 heteroatoms. The molecule has 1 N–H and O–H groups in total. The summed E-state index contributed by atoms with van der Waals surface area (Å²) in [7, 11) is -1.65. The van der Waals surface area contributed by atoms with E-state index in [1.165, 1.54) is 6.20 Å². The summed E-state index contributed by atoms with van der Waals surface area (Å²) in [6.45, 7) is 6.97. The molecular weight excluding hydrogens is 330 g/mol. The lowest BCUT2D eigenvalue weighted by Gasteiger charge is -2.33. The highest BCUT2D eigenvalue weighted by Crippen LogP contribution is 2.23. The molecule has 1 aliphatic rings. The van der Waals surface area contributed by atoms with Crippen molar-refractivity contribution in [3.8, 4) is 0 Å². The van der Waals surface area contributed by atoms with E-state index in [0.29, 0.717) is 11.4 Å². The Hall–Kier alpha value is -2.13.